The average molecular weight is 312 g/mol. The number of aromatic nitrogens is 2. The molecule has 118 valence electrons. The largest absolute Gasteiger partial charge is 0.392 e. The van der Waals surface area contributed by atoms with E-state index in [0.717, 1.165) is 24.5 Å². The number of carbonyl (C=O) groups is 1. The van der Waals surface area contributed by atoms with Crippen LogP contribution in [0.4, 0.5) is 0 Å². The van der Waals surface area contributed by atoms with Crippen molar-refractivity contribution in [3.8, 4) is 0 Å². The van der Waals surface area contributed by atoms with Crippen LogP contribution in [0.1, 0.15) is 23.7 Å². The maximum atomic E-state index is 12.6. The standard InChI is InChI=1S/C14H24N4O2S/c1-4-11(19)9-17-5-7-18(8-6-17)14(20)12-10-16(2)15-13(12)21-3/h10-11,19H,4-9H2,1-3H3/t11-/m1/s1. The van der Waals surface area contributed by atoms with E-state index in [9.17, 15) is 9.90 Å². The molecule has 0 spiro atoms. The summed E-state index contributed by atoms with van der Waals surface area (Å²) in [5.41, 5.74) is 0.687. The first-order valence-corrected chi connectivity index (χ1v) is 8.55. The van der Waals surface area contributed by atoms with Gasteiger partial charge in [0, 0.05) is 46.0 Å². The van der Waals surface area contributed by atoms with E-state index >= 15 is 0 Å². The van der Waals surface area contributed by atoms with Crippen molar-refractivity contribution < 1.29 is 9.90 Å². The maximum absolute atomic E-state index is 12.6. The Morgan fingerprint density at radius 3 is 2.67 bits per heavy atom. The van der Waals surface area contributed by atoms with E-state index in [1.807, 2.05) is 25.1 Å². The first-order valence-electron chi connectivity index (χ1n) is 7.32. The lowest BCUT2D eigenvalue weighted by Crippen LogP contribution is -2.50. The van der Waals surface area contributed by atoms with Crippen LogP contribution < -0.4 is 0 Å². The topological polar surface area (TPSA) is 61.6 Å². The van der Waals surface area contributed by atoms with Gasteiger partial charge in [0.1, 0.15) is 5.03 Å². The number of thioether (sulfide) groups is 1. The molecule has 1 saturated heterocycles. The third-order valence-corrected chi connectivity index (χ3v) is 4.51. The Hall–Kier alpha value is -1.05. The highest BCUT2D eigenvalue weighted by atomic mass is 32.2. The van der Waals surface area contributed by atoms with Gasteiger partial charge in [-0.05, 0) is 12.7 Å². The van der Waals surface area contributed by atoms with Crippen molar-refractivity contribution in [2.24, 2.45) is 7.05 Å². The number of aliphatic hydroxyl groups excluding tert-OH is 1. The molecule has 1 N–H and O–H groups in total. The van der Waals surface area contributed by atoms with Gasteiger partial charge in [-0.1, -0.05) is 6.92 Å². The normalized spacial score (nSPS) is 18.0. The molecule has 6 nitrogen and oxygen atoms in total. The van der Waals surface area contributed by atoms with Gasteiger partial charge in [0.15, 0.2) is 0 Å². The molecule has 7 heteroatoms. The smallest absolute Gasteiger partial charge is 0.258 e. The monoisotopic (exact) mass is 312 g/mol. The van der Waals surface area contributed by atoms with Crippen molar-refractivity contribution >= 4 is 17.7 Å². The molecule has 1 aromatic rings. The summed E-state index contributed by atoms with van der Waals surface area (Å²) in [6, 6.07) is 0. The van der Waals surface area contributed by atoms with Crippen LogP contribution in [-0.4, -0.2) is 75.7 Å². The Balaban J connectivity index is 1.94. The van der Waals surface area contributed by atoms with E-state index in [0.29, 0.717) is 25.2 Å². The number of nitrogens with zero attached hydrogens (tertiary/aromatic N) is 4. The second kappa shape index (κ2) is 7.29. The summed E-state index contributed by atoms with van der Waals surface area (Å²) in [6.45, 7) is 5.73. The average Bonchev–Trinajstić information content (AvgIpc) is 2.88. The van der Waals surface area contributed by atoms with Crippen LogP contribution in [0.25, 0.3) is 0 Å². The van der Waals surface area contributed by atoms with Crippen molar-refractivity contribution in [1.82, 2.24) is 19.6 Å². The van der Waals surface area contributed by atoms with Crippen LogP contribution >= 0.6 is 11.8 Å². The molecular formula is C14H24N4O2S. The van der Waals surface area contributed by atoms with Crippen molar-refractivity contribution in [3.63, 3.8) is 0 Å². The zero-order valence-corrected chi connectivity index (χ0v) is 13.8. The van der Waals surface area contributed by atoms with Crippen molar-refractivity contribution in [3.05, 3.63) is 11.8 Å². The minimum absolute atomic E-state index is 0.0585. The van der Waals surface area contributed by atoms with Crippen LogP contribution in [0.15, 0.2) is 11.2 Å². The number of amides is 1. The third kappa shape index (κ3) is 3.99. The molecule has 1 aliphatic rings. The zero-order chi connectivity index (χ0) is 15.4. The van der Waals surface area contributed by atoms with Crippen LogP contribution in [0, 0.1) is 0 Å². The van der Waals surface area contributed by atoms with Gasteiger partial charge in [-0.25, -0.2) is 0 Å². The number of hydrogen-bond donors (Lipinski definition) is 1. The lowest BCUT2D eigenvalue weighted by molar-refractivity contribution is 0.0521. The molecule has 1 fully saturated rings. The van der Waals surface area contributed by atoms with Crippen molar-refractivity contribution in [2.45, 2.75) is 24.5 Å². The fourth-order valence-corrected chi connectivity index (χ4v) is 3.07. The van der Waals surface area contributed by atoms with Gasteiger partial charge >= 0.3 is 0 Å². The molecule has 1 atom stereocenters. The van der Waals surface area contributed by atoms with Gasteiger partial charge in [-0.15, -0.1) is 11.8 Å². The Bertz CT molecular complexity index is 483. The second-order valence-electron chi connectivity index (χ2n) is 5.38. The summed E-state index contributed by atoms with van der Waals surface area (Å²) in [5, 5.41) is 14.8. The van der Waals surface area contributed by atoms with E-state index < -0.39 is 0 Å². The molecular weight excluding hydrogens is 288 g/mol. The third-order valence-electron chi connectivity index (χ3n) is 3.82. The zero-order valence-electron chi connectivity index (χ0n) is 12.9. The lowest BCUT2D eigenvalue weighted by Gasteiger charge is -2.35. The number of aliphatic hydroxyl groups is 1. The van der Waals surface area contributed by atoms with E-state index in [4.69, 9.17) is 0 Å². The van der Waals surface area contributed by atoms with Crippen LogP contribution in [-0.2, 0) is 7.05 Å². The highest BCUT2D eigenvalue weighted by molar-refractivity contribution is 7.98. The predicted molar refractivity (Wildman–Crippen MR) is 83.6 cm³/mol. The van der Waals surface area contributed by atoms with E-state index in [1.54, 1.807) is 10.9 Å². The van der Waals surface area contributed by atoms with Gasteiger partial charge in [-0.2, -0.15) is 5.10 Å². The molecule has 0 aromatic carbocycles. The number of carbonyl (C=O) groups excluding carboxylic acids is 1. The molecule has 2 rings (SSSR count). The SMILES string of the molecule is CC[C@@H](O)CN1CCN(C(=O)c2cn(C)nc2SC)CC1. The first-order chi connectivity index (χ1) is 10.0. The number of piperazine rings is 1. The van der Waals surface area contributed by atoms with Gasteiger partial charge < -0.3 is 10.0 Å². The highest BCUT2D eigenvalue weighted by Gasteiger charge is 2.25. The molecule has 2 heterocycles. The summed E-state index contributed by atoms with van der Waals surface area (Å²) in [4.78, 5) is 16.7. The molecule has 0 unspecified atom stereocenters. The number of aryl methyl sites for hydroxylation is 1. The Kier molecular flexibility index (Phi) is 5.66. The van der Waals surface area contributed by atoms with Gasteiger partial charge in [0.25, 0.3) is 5.91 Å². The van der Waals surface area contributed by atoms with Crippen molar-refractivity contribution in [2.75, 3.05) is 39.0 Å². The fourth-order valence-electron chi connectivity index (χ4n) is 2.50. The number of hydrogen-bond acceptors (Lipinski definition) is 5. The number of β-amino-alcohol motifs (C(OH)–C–C–N with tert-alkyl or cyclic N) is 1. The molecule has 1 aliphatic heterocycles. The molecule has 0 aliphatic carbocycles. The first kappa shape index (κ1) is 16.3. The Morgan fingerprint density at radius 1 is 1.43 bits per heavy atom. The second-order valence-corrected chi connectivity index (χ2v) is 6.18. The molecule has 1 amide bonds. The summed E-state index contributed by atoms with van der Waals surface area (Å²) in [7, 11) is 1.83. The van der Waals surface area contributed by atoms with Gasteiger partial charge in [-0.3, -0.25) is 14.4 Å². The fraction of sp³-hybridized carbons (Fsp3) is 0.714. The maximum Gasteiger partial charge on any atom is 0.258 e. The molecule has 0 saturated carbocycles. The van der Waals surface area contributed by atoms with E-state index in [1.165, 1.54) is 11.8 Å². The summed E-state index contributed by atoms with van der Waals surface area (Å²) >= 11 is 1.50. The lowest BCUT2D eigenvalue weighted by atomic mass is 10.2. The molecule has 21 heavy (non-hydrogen) atoms. The van der Waals surface area contributed by atoms with Crippen LogP contribution in [0.5, 0.6) is 0 Å². The summed E-state index contributed by atoms with van der Waals surface area (Å²) < 4.78 is 1.69. The van der Waals surface area contributed by atoms with Crippen LogP contribution in [0.2, 0.25) is 0 Å². The Morgan fingerprint density at radius 2 is 2.10 bits per heavy atom. The van der Waals surface area contributed by atoms with Gasteiger partial charge in [0.05, 0.1) is 11.7 Å². The summed E-state index contributed by atoms with van der Waals surface area (Å²) in [5.74, 6) is 0.0585. The van der Waals surface area contributed by atoms with E-state index in [2.05, 4.69) is 10.00 Å². The van der Waals surface area contributed by atoms with Gasteiger partial charge in [0.2, 0.25) is 0 Å². The van der Waals surface area contributed by atoms with Crippen molar-refractivity contribution in [1.29, 1.82) is 0 Å². The molecule has 0 radical (unpaired) electrons. The highest BCUT2D eigenvalue weighted by Crippen LogP contribution is 2.20. The summed E-state index contributed by atoms with van der Waals surface area (Å²) in [6.07, 6.45) is 4.23. The Labute approximate surface area is 130 Å². The number of rotatable bonds is 5. The molecule has 1 aromatic heterocycles. The van der Waals surface area contributed by atoms with Crippen LogP contribution in [0.3, 0.4) is 0 Å². The predicted octanol–water partition coefficient (Wildman–Crippen LogP) is 0.671. The molecule has 0 bridgehead atoms. The minimum atomic E-state index is -0.270. The minimum Gasteiger partial charge on any atom is -0.392 e. The quantitative estimate of drug-likeness (QED) is 0.810. The van der Waals surface area contributed by atoms with E-state index in [-0.39, 0.29) is 12.0 Å².